The number of nitrogens with zero attached hydrogens (tertiary/aromatic N) is 3. The number of hydrogen-bond acceptors (Lipinski definition) is 6. The highest BCUT2D eigenvalue weighted by atomic mass is 35.5. The second kappa shape index (κ2) is 3.59. The fourth-order valence-corrected chi connectivity index (χ4v) is 2.91. The van der Waals surface area contributed by atoms with Gasteiger partial charge in [-0.2, -0.15) is 4.98 Å². The van der Waals surface area contributed by atoms with E-state index in [4.69, 9.17) is 22.1 Å². The molecule has 7 nitrogen and oxygen atoms in total. The zero-order valence-electron chi connectivity index (χ0n) is 9.94. The van der Waals surface area contributed by atoms with Gasteiger partial charge in [0.25, 0.3) is 0 Å². The number of ether oxygens (including phenoxy) is 1. The first kappa shape index (κ1) is 12.3. The Kier molecular flexibility index (Phi) is 2.20. The molecule has 2 aliphatic rings. The van der Waals surface area contributed by atoms with Gasteiger partial charge in [-0.15, -0.1) is 0 Å². The predicted molar refractivity (Wildman–Crippen MR) is 66.7 cm³/mol. The van der Waals surface area contributed by atoms with Crippen molar-refractivity contribution in [2.24, 2.45) is 0 Å². The smallest absolute Gasteiger partial charge is 0.226 e. The van der Waals surface area contributed by atoms with Crippen molar-refractivity contribution in [3.05, 3.63) is 17.5 Å². The summed E-state index contributed by atoms with van der Waals surface area (Å²) in [5, 5.41) is 19.8. The normalized spacial score (nSPS) is 39.2. The summed E-state index contributed by atoms with van der Waals surface area (Å²) in [6, 6.07) is 1.61. The largest absolute Gasteiger partial charge is 0.387 e. The third-order valence-electron chi connectivity index (χ3n) is 3.93. The fraction of sp³-hybridized carbons (Fsp3) is 0.455. The quantitative estimate of drug-likeness (QED) is 0.641. The average molecular weight is 301 g/mol. The van der Waals surface area contributed by atoms with E-state index in [0.29, 0.717) is 11.0 Å². The van der Waals surface area contributed by atoms with Crippen LogP contribution in [0.3, 0.4) is 0 Å². The van der Waals surface area contributed by atoms with Crippen molar-refractivity contribution >= 4 is 28.5 Å². The summed E-state index contributed by atoms with van der Waals surface area (Å²) in [5.74, 6) is 0.177. The van der Waals surface area contributed by atoms with Crippen LogP contribution in [0.15, 0.2) is 12.3 Å². The van der Waals surface area contributed by atoms with Crippen LogP contribution in [0.5, 0.6) is 0 Å². The Labute approximate surface area is 116 Å². The maximum Gasteiger partial charge on any atom is 0.226 e. The van der Waals surface area contributed by atoms with Crippen molar-refractivity contribution in [2.75, 3.05) is 5.73 Å². The van der Waals surface area contributed by atoms with Crippen molar-refractivity contribution in [1.82, 2.24) is 14.5 Å². The van der Waals surface area contributed by atoms with Gasteiger partial charge in [0.2, 0.25) is 5.28 Å². The van der Waals surface area contributed by atoms with E-state index in [0.717, 1.165) is 0 Å². The molecule has 0 aromatic carbocycles. The lowest BCUT2D eigenvalue weighted by molar-refractivity contribution is -0.0608. The van der Waals surface area contributed by atoms with Crippen LogP contribution in [-0.2, 0) is 4.74 Å². The second-order valence-corrected chi connectivity index (χ2v) is 5.36. The fourth-order valence-electron chi connectivity index (χ4n) is 2.74. The van der Waals surface area contributed by atoms with Crippen LogP contribution < -0.4 is 5.73 Å². The monoisotopic (exact) mass is 300 g/mol. The first-order valence-electron chi connectivity index (χ1n) is 5.94. The molecule has 0 amide bonds. The third-order valence-corrected chi connectivity index (χ3v) is 4.10. The van der Waals surface area contributed by atoms with Crippen molar-refractivity contribution in [2.45, 2.75) is 30.2 Å². The molecule has 2 fully saturated rings. The minimum absolute atomic E-state index is 0.0627. The van der Waals surface area contributed by atoms with Gasteiger partial charge >= 0.3 is 0 Å². The minimum atomic E-state index is -1.84. The lowest BCUT2D eigenvalue weighted by atomic mass is 10.2. The molecule has 9 heteroatoms. The molecule has 1 saturated heterocycles. The van der Waals surface area contributed by atoms with Gasteiger partial charge in [0.1, 0.15) is 23.7 Å². The highest BCUT2D eigenvalue weighted by molar-refractivity contribution is 6.28. The van der Waals surface area contributed by atoms with Gasteiger partial charge < -0.3 is 25.3 Å². The van der Waals surface area contributed by atoms with E-state index in [1.807, 2.05) is 0 Å². The molecule has 1 aliphatic carbocycles. The molecule has 2 aromatic heterocycles. The van der Waals surface area contributed by atoms with Crippen molar-refractivity contribution in [1.29, 1.82) is 0 Å². The molecule has 0 spiro atoms. The third kappa shape index (κ3) is 1.29. The molecule has 2 aromatic rings. The summed E-state index contributed by atoms with van der Waals surface area (Å²) in [4.78, 5) is 7.81. The molecule has 0 radical (unpaired) electrons. The summed E-state index contributed by atoms with van der Waals surface area (Å²) in [5.41, 5.74) is 4.19. The van der Waals surface area contributed by atoms with Crippen LogP contribution in [0.25, 0.3) is 11.0 Å². The summed E-state index contributed by atoms with van der Waals surface area (Å²) < 4.78 is 21.0. The maximum absolute atomic E-state index is 14.3. The van der Waals surface area contributed by atoms with Crippen molar-refractivity contribution in [3.63, 3.8) is 0 Å². The van der Waals surface area contributed by atoms with E-state index in [2.05, 4.69) is 9.97 Å². The average Bonchev–Trinajstić information content (AvgIpc) is 2.74. The van der Waals surface area contributed by atoms with Crippen LogP contribution >= 0.6 is 11.6 Å². The van der Waals surface area contributed by atoms with Crippen LogP contribution in [0.1, 0.15) is 6.23 Å². The van der Waals surface area contributed by atoms with Crippen molar-refractivity contribution in [3.8, 4) is 0 Å². The number of hydrogen-bond donors (Lipinski definition) is 3. The molecule has 4 rings (SSSR count). The first-order valence-corrected chi connectivity index (χ1v) is 6.32. The van der Waals surface area contributed by atoms with Crippen LogP contribution in [-0.4, -0.2) is 48.7 Å². The van der Waals surface area contributed by atoms with Crippen molar-refractivity contribution < 1.29 is 19.3 Å². The van der Waals surface area contributed by atoms with E-state index in [9.17, 15) is 14.6 Å². The Hall–Kier alpha value is -1.48. The molecule has 1 unspecified atom stereocenters. The molecule has 3 heterocycles. The number of nitrogen functional groups attached to an aromatic ring is 1. The number of halogens is 2. The number of rotatable bonds is 1. The zero-order chi connectivity index (χ0) is 14.2. The summed E-state index contributed by atoms with van der Waals surface area (Å²) in [7, 11) is 0. The van der Waals surface area contributed by atoms with Gasteiger partial charge in [0, 0.05) is 6.20 Å². The lowest BCUT2D eigenvalue weighted by Crippen LogP contribution is -2.33. The van der Waals surface area contributed by atoms with Gasteiger partial charge in [-0.05, 0) is 17.7 Å². The van der Waals surface area contributed by atoms with E-state index in [-0.39, 0.29) is 11.1 Å². The van der Waals surface area contributed by atoms with Gasteiger partial charge in [-0.3, -0.25) is 0 Å². The SMILES string of the molecule is Nc1nc(Cl)nc2c1ccn2[C@@H]1O[C@@H]2C(O)[C@]2(O)[C@@H]1F. The lowest BCUT2D eigenvalue weighted by Gasteiger charge is -2.21. The van der Waals surface area contributed by atoms with Crippen LogP contribution in [0.4, 0.5) is 10.2 Å². The highest BCUT2D eigenvalue weighted by Crippen LogP contribution is 2.55. The van der Waals surface area contributed by atoms with E-state index in [1.54, 1.807) is 6.07 Å². The second-order valence-electron chi connectivity index (χ2n) is 5.02. The van der Waals surface area contributed by atoms with Gasteiger partial charge in [0.15, 0.2) is 18.0 Å². The number of aromatic nitrogens is 3. The first-order chi connectivity index (χ1) is 9.44. The molecular weight excluding hydrogens is 291 g/mol. The van der Waals surface area contributed by atoms with Gasteiger partial charge in [0.05, 0.1) is 5.39 Å². The molecule has 1 aliphatic heterocycles. The van der Waals surface area contributed by atoms with Gasteiger partial charge in [-0.25, -0.2) is 9.37 Å². The molecule has 106 valence electrons. The summed E-state index contributed by atoms with van der Waals surface area (Å²) >= 11 is 5.74. The number of anilines is 1. The number of aliphatic hydroxyl groups is 2. The Morgan fingerprint density at radius 3 is 2.90 bits per heavy atom. The number of nitrogens with two attached hydrogens (primary N) is 1. The number of aliphatic hydroxyl groups excluding tert-OH is 1. The summed E-state index contributed by atoms with van der Waals surface area (Å²) in [6.07, 6.45) is -3.44. The highest BCUT2D eigenvalue weighted by Gasteiger charge is 2.77. The zero-order valence-corrected chi connectivity index (χ0v) is 10.7. The van der Waals surface area contributed by atoms with Crippen LogP contribution in [0.2, 0.25) is 5.28 Å². The van der Waals surface area contributed by atoms with E-state index >= 15 is 0 Å². The van der Waals surface area contributed by atoms with Gasteiger partial charge in [-0.1, -0.05) is 0 Å². The topological polar surface area (TPSA) is 106 Å². The maximum atomic E-state index is 14.3. The molecule has 20 heavy (non-hydrogen) atoms. The standard InChI is InChI=1S/C11H10ClFN4O3/c12-10-15-7(14)3-1-2-17(8(3)16-10)9-4(13)11(19)5(18)6(11)20-9/h1-2,4-6,9,18-19H,(H2,14,15,16)/t4-,5?,6-,9-,11-/m1/s1. The van der Waals surface area contributed by atoms with E-state index in [1.165, 1.54) is 10.8 Å². The molecule has 4 N–H and O–H groups in total. The number of fused-ring (bicyclic) bond motifs is 2. The Bertz CT molecular complexity index is 725. The Morgan fingerprint density at radius 1 is 1.50 bits per heavy atom. The molecule has 5 atom stereocenters. The van der Waals surface area contributed by atoms with Crippen LogP contribution in [0, 0.1) is 0 Å². The predicted octanol–water partition coefficient (Wildman–Crippen LogP) is 0.00800. The summed E-state index contributed by atoms with van der Waals surface area (Å²) in [6.45, 7) is 0. The number of alkyl halides is 1. The molecular formula is C11H10ClFN4O3. The Balaban J connectivity index is 1.81. The Morgan fingerprint density at radius 2 is 2.25 bits per heavy atom. The molecule has 0 bridgehead atoms. The van der Waals surface area contributed by atoms with E-state index < -0.39 is 30.2 Å². The minimum Gasteiger partial charge on any atom is -0.387 e. The molecule has 1 saturated carbocycles.